The molecule has 0 saturated heterocycles. The van der Waals surface area contributed by atoms with Gasteiger partial charge < -0.3 is 15.2 Å². The number of rotatable bonds is 9. The molecule has 0 atom stereocenters. The fourth-order valence-electron chi connectivity index (χ4n) is 11.1. The van der Waals surface area contributed by atoms with Crippen LogP contribution in [0.2, 0.25) is 0 Å². The molecule has 1 amide bonds. The molecule has 0 radical (unpaired) electrons. The SMILES string of the molecule is O=C(NCCCCOc1ccc(C(=C2C3CC4CC(C3)CC2C4)c2ccc(O)cc2)cc1)C12CC3CC(CC(C3)C1)C2. The van der Waals surface area contributed by atoms with Crippen LogP contribution in [0.3, 0.4) is 0 Å². The Kier molecular flexibility index (Phi) is 6.87. The maximum absolute atomic E-state index is 13.2. The molecule has 8 saturated carbocycles. The number of nitrogens with one attached hydrogen (secondary N) is 1. The first-order chi connectivity index (χ1) is 20.5. The van der Waals surface area contributed by atoms with Gasteiger partial charge >= 0.3 is 0 Å². The van der Waals surface area contributed by atoms with E-state index in [1.54, 1.807) is 5.57 Å². The Bertz CT molecular complexity index is 1270. The van der Waals surface area contributed by atoms with Crippen molar-refractivity contribution in [2.45, 2.75) is 83.5 Å². The fraction of sp³-hybridized carbons (Fsp3) is 0.605. The summed E-state index contributed by atoms with van der Waals surface area (Å²) in [6, 6.07) is 16.6. The average molecular weight is 566 g/mol. The minimum Gasteiger partial charge on any atom is -0.508 e. The molecule has 2 aromatic rings. The zero-order valence-electron chi connectivity index (χ0n) is 25.0. The van der Waals surface area contributed by atoms with E-state index >= 15 is 0 Å². The molecule has 8 aliphatic carbocycles. The maximum atomic E-state index is 13.2. The van der Waals surface area contributed by atoms with Gasteiger partial charge in [-0.05, 0) is 166 Å². The van der Waals surface area contributed by atoms with Gasteiger partial charge in [0.2, 0.25) is 5.91 Å². The number of benzene rings is 2. The average Bonchev–Trinajstić information content (AvgIpc) is 2.97. The van der Waals surface area contributed by atoms with E-state index in [0.29, 0.717) is 30.1 Å². The van der Waals surface area contributed by atoms with Crippen LogP contribution >= 0.6 is 0 Å². The number of aromatic hydroxyl groups is 1. The van der Waals surface area contributed by atoms with E-state index in [2.05, 4.69) is 41.7 Å². The van der Waals surface area contributed by atoms with Gasteiger partial charge in [-0.25, -0.2) is 0 Å². The molecular formula is C38H47NO3. The van der Waals surface area contributed by atoms with Crippen molar-refractivity contribution in [1.29, 1.82) is 0 Å². The molecule has 0 unspecified atom stereocenters. The van der Waals surface area contributed by atoms with Crippen LogP contribution in [0.5, 0.6) is 11.5 Å². The summed E-state index contributed by atoms with van der Waals surface area (Å²) in [6.07, 6.45) is 16.3. The number of hydrogen-bond donors (Lipinski definition) is 2. The molecule has 222 valence electrons. The normalized spacial score (nSPS) is 35.4. The van der Waals surface area contributed by atoms with E-state index in [0.717, 1.165) is 74.0 Å². The summed E-state index contributed by atoms with van der Waals surface area (Å²) in [7, 11) is 0. The summed E-state index contributed by atoms with van der Waals surface area (Å²) in [5, 5.41) is 13.3. The van der Waals surface area contributed by atoms with Crippen LogP contribution in [0, 0.1) is 46.8 Å². The highest BCUT2D eigenvalue weighted by molar-refractivity contribution is 5.84. The standard InChI is InChI=1S/C38H47NO3/c40-33-7-3-29(4-8-33)35(36-31-17-24-13-25(19-31)20-32(36)18-24)30-5-9-34(10-6-30)42-12-2-1-11-39-37(41)38-21-26-14-27(22-38)16-28(15-26)23-38/h3-10,24-28,31-32,40H,1-2,11-23H2,(H,39,41). The second-order valence-electron chi connectivity index (χ2n) is 15.2. The number of hydrogen-bond acceptors (Lipinski definition) is 3. The van der Waals surface area contributed by atoms with Gasteiger partial charge in [-0.15, -0.1) is 0 Å². The first kappa shape index (κ1) is 26.8. The van der Waals surface area contributed by atoms with Crippen molar-refractivity contribution in [2.24, 2.45) is 46.8 Å². The topological polar surface area (TPSA) is 58.6 Å². The Morgan fingerprint density at radius 1 is 0.714 bits per heavy atom. The highest BCUT2D eigenvalue weighted by atomic mass is 16.5. The van der Waals surface area contributed by atoms with E-state index in [-0.39, 0.29) is 5.41 Å². The van der Waals surface area contributed by atoms with E-state index in [1.165, 1.54) is 68.1 Å². The van der Waals surface area contributed by atoms with Crippen molar-refractivity contribution in [3.63, 3.8) is 0 Å². The van der Waals surface area contributed by atoms with Crippen molar-refractivity contribution in [3.8, 4) is 11.5 Å². The number of allylic oxidation sites excluding steroid dienone is 1. The Morgan fingerprint density at radius 3 is 1.81 bits per heavy atom. The summed E-state index contributed by atoms with van der Waals surface area (Å²) in [5.41, 5.74) is 5.52. The minimum atomic E-state index is -0.0437. The monoisotopic (exact) mass is 565 g/mol. The van der Waals surface area contributed by atoms with Gasteiger partial charge in [0.15, 0.2) is 0 Å². The lowest BCUT2D eigenvalue weighted by atomic mass is 9.49. The molecule has 8 bridgehead atoms. The minimum absolute atomic E-state index is 0.0437. The lowest BCUT2D eigenvalue weighted by molar-refractivity contribution is -0.146. The number of phenols is 1. The molecule has 0 aromatic heterocycles. The Hall–Kier alpha value is -2.75. The maximum Gasteiger partial charge on any atom is 0.226 e. The number of unbranched alkanes of at least 4 members (excludes halogenated alkanes) is 1. The zero-order chi connectivity index (χ0) is 28.3. The summed E-state index contributed by atoms with van der Waals surface area (Å²) >= 11 is 0. The third kappa shape index (κ3) is 4.97. The van der Waals surface area contributed by atoms with Crippen LogP contribution in [-0.2, 0) is 4.79 Å². The zero-order valence-corrected chi connectivity index (χ0v) is 25.0. The van der Waals surface area contributed by atoms with Gasteiger partial charge in [0.1, 0.15) is 11.5 Å². The molecule has 4 heteroatoms. The van der Waals surface area contributed by atoms with Gasteiger partial charge in [-0.2, -0.15) is 0 Å². The van der Waals surface area contributed by atoms with Crippen molar-refractivity contribution < 1.29 is 14.6 Å². The summed E-state index contributed by atoms with van der Waals surface area (Å²) in [5.74, 6) is 7.29. The number of amides is 1. The Balaban J connectivity index is 0.881. The molecule has 42 heavy (non-hydrogen) atoms. The number of carbonyl (C=O) groups excluding carboxylic acids is 1. The smallest absolute Gasteiger partial charge is 0.226 e. The fourth-order valence-corrected chi connectivity index (χ4v) is 11.1. The van der Waals surface area contributed by atoms with Crippen molar-refractivity contribution >= 4 is 11.5 Å². The second-order valence-corrected chi connectivity index (χ2v) is 15.2. The first-order valence-corrected chi connectivity index (χ1v) is 17.1. The third-order valence-electron chi connectivity index (χ3n) is 12.3. The summed E-state index contributed by atoms with van der Waals surface area (Å²) < 4.78 is 6.15. The van der Waals surface area contributed by atoms with E-state index in [9.17, 15) is 9.90 Å². The van der Waals surface area contributed by atoms with Gasteiger partial charge in [0.25, 0.3) is 0 Å². The highest BCUT2D eigenvalue weighted by Gasteiger charge is 2.54. The Morgan fingerprint density at radius 2 is 1.24 bits per heavy atom. The lowest BCUT2D eigenvalue weighted by Crippen LogP contribution is -2.53. The molecular weight excluding hydrogens is 518 g/mol. The van der Waals surface area contributed by atoms with Crippen LogP contribution in [-0.4, -0.2) is 24.2 Å². The molecule has 4 nitrogen and oxygen atoms in total. The van der Waals surface area contributed by atoms with Crippen LogP contribution < -0.4 is 10.1 Å². The summed E-state index contributed by atoms with van der Waals surface area (Å²) in [4.78, 5) is 13.2. The molecule has 0 spiro atoms. The quantitative estimate of drug-likeness (QED) is 0.302. The van der Waals surface area contributed by atoms with Crippen LogP contribution in [0.4, 0.5) is 0 Å². The second kappa shape index (κ2) is 10.8. The molecule has 0 aliphatic heterocycles. The van der Waals surface area contributed by atoms with Gasteiger partial charge in [0, 0.05) is 12.0 Å². The van der Waals surface area contributed by atoms with E-state index < -0.39 is 0 Å². The van der Waals surface area contributed by atoms with Gasteiger partial charge in [0.05, 0.1) is 6.61 Å². The third-order valence-corrected chi connectivity index (χ3v) is 12.3. The molecule has 8 fully saturated rings. The number of phenolic OH excluding ortho intramolecular Hbond substituents is 1. The molecule has 0 heterocycles. The summed E-state index contributed by atoms with van der Waals surface area (Å²) in [6.45, 7) is 1.43. The van der Waals surface area contributed by atoms with Crippen molar-refractivity contribution in [3.05, 3.63) is 65.2 Å². The molecule has 8 aliphatic rings. The number of ether oxygens (including phenoxy) is 1. The first-order valence-electron chi connectivity index (χ1n) is 17.1. The van der Waals surface area contributed by atoms with Crippen LogP contribution in [0.15, 0.2) is 54.1 Å². The van der Waals surface area contributed by atoms with Gasteiger partial charge in [-0.1, -0.05) is 29.8 Å². The predicted octanol–water partition coefficient (Wildman–Crippen LogP) is 8.14. The van der Waals surface area contributed by atoms with Crippen LogP contribution in [0.1, 0.15) is 94.6 Å². The van der Waals surface area contributed by atoms with Crippen molar-refractivity contribution in [2.75, 3.05) is 13.2 Å². The van der Waals surface area contributed by atoms with Crippen molar-refractivity contribution in [1.82, 2.24) is 5.32 Å². The lowest BCUT2D eigenvalue weighted by Gasteiger charge is -2.55. The van der Waals surface area contributed by atoms with E-state index in [4.69, 9.17) is 4.74 Å². The van der Waals surface area contributed by atoms with E-state index in [1.807, 2.05) is 12.1 Å². The van der Waals surface area contributed by atoms with Crippen LogP contribution in [0.25, 0.3) is 5.57 Å². The molecule has 2 aromatic carbocycles. The largest absolute Gasteiger partial charge is 0.508 e. The Labute approximate surface area is 251 Å². The molecule has 2 N–H and O–H groups in total. The predicted molar refractivity (Wildman–Crippen MR) is 166 cm³/mol. The highest BCUT2D eigenvalue weighted by Crippen LogP contribution is 2.60. The number of carbonyl (C=O) groups is 1. The van der Waals surface area contributed by atoms with Gasteiger partial charge in [-0.3, -0.25) is 4.79 Å². The molecule has 10 rings (SSSR count).